The monoisotopic (exact) mass is 426 g/mol. The largest absolute Gasteiger partial charge is 0.416 e. The van der Waals surface area contributed by atoms with Gasteiger partial charge in [-0.1, -0.05) is 29.8 Å². The van der Waals surface area contributed by atoms with Crippen LogP contribution in [0.2, 0.25) is 5.15 Å². The number of hydrogen-bond donors (Lipinski definition) is 1. The minimum absolute atomic E-state index is 0.175. The van der Waals surface area contributed by atoms with E-state index in [1.165, 1.54) is 12.1 Å². The van der Waals surface area contributed by atoms with Crippen LogP contribution in [0.15, 0.2) is 42.6 Å². The van der Waals surface area contributed by atoms with Crippen molar-refractivity contribution in [2.45, 2.75) is 25.7 Å². The highest BCUT2D eigenvalue weighted by molar-refractivity contribution is 6.32. The van der Waals surface area contributed by atoms with Gasteiger partial charge >= 0.3 is 6.18 Å². The first-order valence-corrected chi connectivity index (χ1v) is 9.66. The van der Waals surface area contributed by atoms with Crippen LogP contribution in [0.3, 0.4) is 0 Å². The molecule has 0 radical (unpaired) electrons. The van der Waals surface area contributed by atoms with Crippen LogP contribution in [0.25, 0.3) is 0 Å². The molecule has 1 amide bonds. The molecule has 156 valence electrons. The first kappa shape index (κ1) is 21.5. The van der Waals surface area contributed by atoms with Crippen LogP contribution >= 0.6 is 11.6 Å². The van der Waals surface area contributed by atoms with E-state index < -0.39 is 11.7 Å². The van der Waals surface area contributed by atoms with Crippen LogP contribution in [0.5, 0.6) is 0 Å². The number of amides is 1. The molecule has 29 heavy (non-hydrogen) atoms. The van der Waals surface area contributed by atoms with Crippen LogP contribution in [0, 0.1) is 0 Å². The number of carbonyl (C=O) groups excluding carboxylic acids is 1. The van der Waals surface area contributed by atoms with Crippen LogP contribution in [-0.4, -0.2) is 52.9 Å². The van der Waals surface area contributed by atoms with Gasteiger partial charge < -0.3 is 5.32 Å². The number of piperazine rings is 1. The summed E-state index contributed by atoms with van der Waals surface area (Å²) in [6.45, 7) is 4.90. The Labute approximate surface area is 172 Å². The third-order valence-electron chi connectivity index (χ3n) is 5.01. The molecular weight excluding hydrogens is 405 g/mol. The third-order valence-corrected chi connectivity index (χ3v) is 5.31. The van der Waals surface area contributed by atoms with E-state index in [4.69, 9.17) is 11.6 Å². The minimum Gasteiger partial charge on any atom is -0.322 e. The highest BCUT2D eigenvalue weighted by atomic mass is 35.5. The van der Waals surface area contributed by atoms with Gasteiger partial charge in [-0.05, 0) is 30.7 Å². The maximum absolute atomic E-state index is 12.9. The summed E-state index contributed by atoms with van der Waals surface area (Å²) in [7, 11) is 0. The Morgan fingerprint density at radius 3 is 2.59 bits per heavy atom. The lowest BCUT2D eigenvalue weighted by Gasteiger charge is -2.37. The Morgan fingerprint density at radius 1 is 1.21 bits per heavy atom. The second-order valence-corrected chi connectivity index (χ2v) is 7.38. The predicted octanol–water partition coefficient (Wildman–Crippen LogP) is 3.90. The average Bonchev–Trinajstić information content (AvgIpc) is 2.69. The van der Waals surface area contributed by atoms with Crippen LogP contribution in [0.4, 0.5) is 18.9 Å². The van der Waals surface area contributed by atoms with E-state index in [0.717, 1.165) is 6.07 Å². The summed E-state index contributed by atoms with van der Waals surface area (Å²) >= 11 is 5.98. The van der Waals surface area contributed by atoms with Crippen molar-refractivity contribution in [1.29, 1.82) is 0 Å². The van der Waals surface area contributed by atoms with Gasteiger partial charge in [0.2, 0.25) is 5.91 Å². The summed E-state index contributed by atoms with van der Waals surface area (Å²) in [5.41, 5.74) is 0.465. The fourth-order valence-corrected chi connectivity index (χ4v) is 3.46. The summed E-state index contributed by atoms with van der Waals surface area (Å²) in [5.74, 6) is -0.175. The molecule has 0 bridgehead atoms. The summed E-state index contributed by atoms with van der Waals surface area (Å²) in [4.78, 5) is 20.6. The molecule has 1 aromatic heterocycles. The van der Waals surface area contributed by atoms with Gasteiger partial charge in [-0.15, -0.1) is 0 Å². The van der Waals surface area contributed by atoms with Crippen molar-refractivity contribution in [3.8, 4) is 0 Å². The van der Waals surface area contributed by atoms with Gasteiger partial charge in [-0.3, -0.25) is 14.6 Å². The van der Waals surface area contributed by atoms with Crippen molar-refractivity contribution in [3.63, 3.8) is 0 Å². The number of benzene rings is 1. The number of nitrogens with one attached hydrogen (secondary N) is 1. The summed E-state index contributed by atoms with van der Waals surface area (Å²) in [6.07, 6.45) is -2.79. The first-order chi connectivity index (χ1) is 13.7. The average molecular weight is 427 g/mol. The van der Waals surface area contributed by atoms with Gasteiger partial charge in [0.25, 0.3) is 0 Å². The van der Waals surface area contributed by atoms with E-state index in [2.05, 4.69) is 15.2 Å². The molecule has 0 spiro atoms. The molecule has 2 aromatic rings. The van der Waals surface area contributed by atoms with Gasteiger partial charge in [-0.2, -0.15) is 13.2 Å². The van der Waals surface area contributed by atoms with E-state index in [9.17, 15) is 18.0 Å². The van der Waals surface area contributed by atoms with Crippen molar-refractivity contribution in [3.05, 3.63) is 58.9 Å². The number of carbonyl (C=O) groups is 1. The quantitative estimate of drug-likeness (QED) is 0.737. The highest BCUT2D eigenvalue weighted by Crippen LogP contribution is 2.29. The summed E-state index contributed by atoms with van der Waals surface area (Å²) in [5, 5.41) is 3.02. The lowest BCUT2D eigenvalue weighted by atomic mass is 10.1. The molecule has 5 nitrogen and oxygen atoms in total. The number of rotatable bonds is 5. The van der Waals surface area contributed by atoms with Crippen LogP contribution in [-0.2, 0) is 17.5 Å². The molecule has 2 heterocycles. The SMILES string of the molecule is CC(C(=O)Nc1cccnc1Cl)N1CCN(Cc2cccc(C(F)(F)F)c2)CC1. The Kier molecular flexibility index (Phi) is 6.77. The lowest BCUT2D eigenvalue weighted by molar-refractivity contribution is -0.137. The Bertz CT molecular complexity index is 854. The predicted molar refractivity (Wildman–Crippen MR) is 106 cm³/mol. The number of aromatic nitrogens is 1. The molecule has 0 saturated carbocycles. The third kappa shape index (κ3) is 5.68. The topological polar surface area (TPSA) is 48.5 Å². The maximum Gasteiger partial charge on any atom is 0.416 e. The molecule has 1 aromatic carbocycles. The molecule has 1 N–H and O–H groups in total. The normalized spacial score (nSPS) is 17.1. The van der Waals surface area contributed by atoms with E-state index >= 15 is 0 Å². The van der Waals surface area contributed by atoms with Crippen LogP contribution < -0.4 is 5.32 Å². The molecule has 1 saturated heterocycles. The molecule has 1 aliphatic rings. The van der Waals surface area contributed by atoms with Crippen molar-refractivity contribution in [2.24, 2.45) is 0 Å². The molecular formula is C20H22ClF3N4O. The zero-order chi connectivity index (χ0) is 21.0. The van der Waals surface area contributed by atoms with Gasteiger partial charge in [-0.25, -0.2) is 4.98 Å². The fraction of sp³-hybridized carbons (Fsp3) is 0.400. The van der Waals surface area contributed by atoms with Crippen molar-refractivity contribution in [1.82, 2.24) is 14.8 Å². The molecule has 1 atom stereocenters. The second-order valence-electron chi connectivity index (χ2n) is 7.02. The molecule has 9 heteroatoms. The molecule has 0 aliphatic carbocycles. The first-order valence-electron chi connectivity index (χ1n) is 9.28. The number of nitrogens with zero attached hydrogens (tertiary/aromatic N) is 3. The van der Waals surface area contributed by atoms with E-state index in [1.807, 2.05) is 11.8 Å². The smallest absolute Gasteiger partial charge is 0.322 e. The molecule has 3 rings (SSSR count). The van der Waals surface area contributed by atoms with E-state index in [-0.39, 0.29) is 17.1 Å². The van der Waals surface area contributed by atoms with Gasteiger partial charge in [0.1, 0.15) is 0 Å². The van der Waals surface area contributed by atoms with Crippen molar-refractivity contribution < 1.29 is 18.0 Å². The van der Waals surface area contributed by atoms with Crippen molar-refractivity contribution >= 4 is 23.2 Å². The number of anilines is 1. The second kappa shape index (κ2) is 9.11. The standard InChI is InChI=1S/C20H22ClF3N4O/c1-14(19(29)26-17-6-3-7-25-18(17)21)28-10-8-27(9-11-28)13-15-4-2-5-16(12-15)20(22,23)24/h2-7,12,14H,8-11,13H2,1H3,(H,26,29). The Morgan fingerprint density at radius 2 is 1.93 bits per heavy atom. The van der Waals surface area contributed by atoms with Crippen molar-refractivity contribution in [2.75, 3.05) is 31.5 Å². The zero-order valence-electron chi connectivity index (χ0n) is 15.9. The van der Waals surface area contributed by atoms with Gasteiger partial charge in [0, 0.05) is 38.9 Å². The maximum atomic E-state index is 12.9. The van der Waals surface area contributed by atoms with Crippen LogP contribution in [0.1, 0.15) is 18.1 Å². The lowest BCUT2D eigenvalue weighted by Crippen LogP contribution is -2.52. The fourth-order valence-electron chi connectivity index (χ4n) is 3.30. The molecule has 1 unspecified atom stereocenters. The van der Waals surface area contributed by atoms with E-state index in [0.29, 0.717) is 44.0 Å². The number of hydrogen-bond acceptors (Lipinski definition) is 4. The number of pyridine rings is 1. The Balaban J connectivity index is 1.52. The summed E-state index contributed by atoms with van der Waals surface area (Å²) < 4.78 is 38.6. The molecule has 1 aliphatic heterocycles. The minimum atomic E-state index is -4.34. The van der Waals surface area contributed by atoms with E-state index in [1.54, 1.807) is 24.4 Å². The van der Waals surface area contributed by atoms with Gasteiger partial charge in [0.15, 0.2) is 5.15 Å². The van der Waals surface area contributed by atoms with Gasteiger partial charge in [0.05, 0.1) is 17.3 Å². The summed E-state index contributed by atoms with van der Waals surface area (Å²) in [6, 6.07) is 8.43. The highest BCUT2D eigenvalue weighted by Gasteiger charge is 2.31. The zero-order valence-corrected chi connectivity index (χ0v) is 16.7. The Hall–Kier alpha value is -2.16. The number of alkyl halides is 3. The number of halogens is 4. The molecule has 1 fully saturated rings.